The van der Waals surface area contributed by atoms with Crippen LogP contribution in [0.4, 0.5) is 0 Å². The second-order valence-corrected chi connectivity index (χ2v) is 6.64. The lowest BCUT2D eigenvalue weighted by molar-refractivity contribution is 0.118. The Balaban J connectivity index is 2.72. The third-order valence-corrected chi connectivity index (χ3v) is 5.27. The molecule has 1 aromatic rings. The highest BCUT2D eigenvalue weighted by Gasteiger charge is 2.23. The minimum Gasteiger partial charge on any atom is -0.539 e. The maximum atomic E-state index is 6.14. The number of hydrogen-bond donors (Lipinski definition) is 0. The van der Waals surface area contributed by atoms with Crippen molar-refractivity contribution in [3.8, 4) is 5.75 Å². The van der Waals surface area contributed by atoms with Crippen LogP contribution in [0.2, 0.25) is 6.04 Å². The number of ether oxygens (including phenoxy) is 1. The SMILES string of the molecule is C=Cc1cccc(O[Si](CCC)C(C)OCC)c1. The molecule has 1 unspecified atom stereocenters. The fourth-order valence-corrected chi connectivity index (χ4v) is 3.73. The van der Waals surface area contributed by atoms with E-state index >= 15 is 0 Å². The summed E-state index contributed by atoms with van der Waals surface area (Å²) in [6.07, 6.45) is 2.97. The van der Waals surface area contributed by atoms with Crippen LogP contribution in [-0.4, -0.2) is 21.4 Å². The quantitative estimate of drug-likeness (QED) is 0.658. The van der Waals surface area contributed by atoms with Gasteiger partial charge in [0.15, 0.2) is 0 Å². The van der Waals surface area contributed by atoms with Crippen LogP contribution in [0.5, 0.6) is 5.75 Å². The number of hydrogen-bond acceptors (Lipinski definition) is 2. The van der Waals surface area contributed by atoms with E-state index in [-0.39, 0.29) is 5.73 Å². The molecule has 0 amide bonds. The summed E-state index contributed by atoms with van der Waals surface area (Å²) in [6, 6.07) is 9.17. The normalized spacial score (nSPS) is 12.4. The molecular formula is C15H23O2Si. The van der Waals surface area contributed by atoms with Crippen molar-refractivity contribution in [2.75, 3.05) is 6.61 Å². The van der Waals surface area contributed by atoms with Crippen molar-refractivity contribution in [2.45, 2.75) is 39.0 Å². The van der Waals surface area contributed by atoms with Gasteiger partial charge in [0.05, 0.1) is 5.73 Å². The molecule has 2 nitrogen and oxygen atoms in total. The third kappa shape index (κ3) is 4.67. The molecule has 0 saturated heterocycles. The van der Waals surface area contributed by atoms with Gasteiger partial charge in [-0.3, -0.25) is 0 Å². The maximum absolute atomic E-state index is 6.14. The zero-order valence-electron chi connectivity index (χ0n) is 11.6. The predicted octanol–water partition coefficient (Wildman–Crippen LogP) is 4.07. The molecule has 3 heteroatoms. The summed E-state index contributed by atoms with van der Waals surface area (Å²) in [7, 11) is -0.969. The monoisotopic (exact) mass is 263 g/mol. The Morgan fingerprint density at radius 2 is 2.17 bits per heavy atom. The van der Waals surface area contributed by atoms with E-state index in [1.807, 2.05) is 37.3 Å². The van der Waals surface area contributed by atoms with Gasteiger partial charge >= 0.3 is 9.04 Å². The highest BCUT2D eigenvalue weighted by Crippen LogP contribution is 2.18. The molecule has 1 rings (SSSR count). The first-order valence-electron chi connectivity index (χ1n) is 6.58. The highest BCUT2D eigenvalue weighted by molar-refractivity contribution is 6.54. The molecule has 0 aromatic heterocycles. The Morgan fingerprint density at radius 1 is 1.39 bits per heavy atom. The van der Waals surface area contributed by atoms with Crippen LogP contribution in [0.15, 0.2) is 30.8 Å². The van der Waals surface area contributed by atoms with Crippen LogP contribution in [0.3, 0.4) is 0 Å². The Morgan fingerprint density at radius 3 is 2.78 bits per heavy atom. The summed E-state index contributed by atoms with van der Waals surface area (Å²) in [5.74, 6) is 0.932. The van der Waals surface area contributed by atoms with Crippen LogP contribution in [0.1, 0.15) is 32.8 Å². The van der Waals surface area contributed by atoms with Gasteiger partial charge in [0.1, 0.15) is 5.75 Å². The summed E-state index contributed by atoms with van der Waals surface area (Å²) in [5.41, 5.74) is 1.31. The minimum absolute atomic E-state index is 0.215. The largest absolute Gasteiger partial charge is 0.539 e. The standard InChI is InChI=1S/C15H23O2Si/c1-5-11-18(13(4)16-7-3)17-15-10-8-9-14(6-2)12-15/h6,8-10,12-13H,2,5,7,11H2,1,3-4H3. The van der Waals surface area contributed by atoms with Crippen LogP contribution >= 0.6 is 0 Å². The fourth-order valence-electron chi connectivity index (χ4n) is 1.78. The van der Waals surface area contributed by atoms with Gasteiger partial charge in [-0.25, -0.2) is 0 Å². The van der Waals surface area contributed by atoms with Gasteiger partial charge in [-0.2, -0.15) is 0 Å². The summed E-state index contributed by atoms with van der Waals surface area (Å²) < 4.78 is 11.8. The van der Waals surface area contributed by atoms with E-state index < -0.39 is 9.04 Å². The Labute approximate surface area is 112 Å². The van der Waals surface area contributed by atoms with Crippen molar-refractivity contribution >= 4 is 15.1 Å². The highest BCUT2D eigenvalue weighted by atomic mass is 28.3. The van der Waals surface area contributed by atoms with Gasteiger partial charge < -0.3 is 9.16 Å². The van der Waals surface area contributed by atoms with E-state index in [9.17, 15) is 0 Å². The molecule has 1 atom stereocenters. The van der Waals surface area contributed by atoms with Gasteiger partial charge in [-0.1, -0.05) is 38.1 Å². The van der Waals surface area contributed by atoms with Crippen LogP contribution in [0.25, 0.3) is 6.08 Å². The molecular weight excluding hydrogens is 240 g/mol. The maximum Gasteiger partial charge on any atom is 0.310 e. The van der Waals surface area contributed by atoms with E-state index in [0.29, 0.717) is 0 Å². The van der Waals surface area contributed by atoms with Crippen molar-refractivity contribution in [3.05, 3.63) is 36.4 Å². The lowest BCUT2D eigenvalue weighted by Crippen LogP contribution is -2.36. The summed E-state index contributed by atoms with van der Waals surface area (Å²) in [5, 5.41) is 0. The Bertz CT molecular complexity index is 365. The van der Waals surface area contributed by atoms with Gasteiger partial charge in [0.2, 0.25) is 0 Å². The van der Waals surface area contributed by atoms with Crippen molar-refractivity contribution in [1.29, 1.82) is 0 Å². The van der Waals surface area contributed by atoms with Gasteiger partial charge in [-0.15, -0.1) is 0 Å². The lowest BCUT2D eigenvalue weighted by Gasteiger charge is -2.22. The second-order valence-electron chi connectivity index (χ2n) is 4.19. The van der Waals surface area contributed by atoms with Crippen LogP contribution in [-0.2, 0) is 4.74 Å². The smallest absolute Gasteiger partial charge is 0.310 e. The van der Waals surface area contributed by atoms with Gasteiger partial charge in [0, 0.05) is 6.61 Å². The van der Waals surface area contributed by atoms with E-state index in [1.165, 1.54) is 0 Å². The molecule has 99 valence electrons. The van der Waals surface area contributed by atoms with Crippen molar-refractivity contribution < 1.29 is 9.16 Å². The first-order valence-corrected chi connectivity index (χ1v) is 8.28. The van der Waals surface area contributed by atoms with Crippen LogP contribution < -0.4 is 4.43 Å². The summed E-state index contributed by atoms with van der Waals surface area (Å²) in [4.78, 5) is 0. The molecule has 0 aliphatic carbocycles. The molecule has 1 radical (unpaired) electrons. The molecule has 0 spiro atoms. The number of rotatable bonds is 8. The summed E-state index contributed by atoms with van der Waals surface area (Å²) in [6.45, 7) is 10.9. The van der Waals surface area contributed by atoms with E-state index in [4.69, 9.17) is 9.16 Å². The zero-order chi connectivity index (χ0) is 13.4. The lowest BCUT2D eigenvalue weighted by atomic mass is 10.2. The fraction of sp³-hybridized carbons (Fsp3) is 0.467. The number of benzene rings is 1. The van der Waals surface area contributed by atoms with Gasteiger partial charge in [-0.05, 0) is 37.6 Å². The average molecular weight is 263 g/mol. The van der Waals surface area contributed by atoms with Crippen LogP contribution in [0, 0.1) is 0 Å². The minimum atomic E-state index is -0.969. The van der Waals surface area contributed by atoms with Crippen molar-refractivity contribution in [3.63, 3.8) is 0 Å². The topological polar surface area (TPSA) is 18.5 Å². The molecule has 0 saturated carbocycles. The molecule has 0 N–H and O–H groups in total. The Hall–Kier alpha value is -1.06. The first kappa shape index (κ1) is 15.0. The van der Waals surface area contributed by atoms with E-state index in [0.717, 1.165) is 30.4 Å². The van der Waals surface area contributed by atoms with E-state index in [1.54, 1.807) is 0 Å². The van der Waals surface area contributed by atoms with Gasteiger partial charge in [0.25, 0.3) is 0 Å². The molecule has 0 fully saturated rings. The molecule has 0 bridgehead atoms. The zero-order valence-corrected chi connectivity index (χ0v) is 12.6. The molecule has 1 aromatic carbocycles. The molecule has 0 aliphatic heterocycles. The van der Waals surface area contributed by atoms with Crippen molar-refractivity contribution in [2.24, 2.45) is 0 Å². The average Bonchev–Trinajstić information content (AvgIpc) is 2.39. The third-order valence-electron chi connectivity index (χ3n) is 2.71. The Kier molecular flexibility index (Phi) is 6.76. The summed E-state index contributed by atoms with van der Waals surface area (Å²) >= 11 is 0. The first-order chi connectivity index (χ1) is 8.71. The second kappa shape index (κ2) is 8.11. The molecule has 0 aliphatic rings. The predicted molar refractivity (Wildman–Crippen MR) is 79.1 cm³/mol. The molecule has 0 heterocycles. The molecule has 18 heavy (non-hydrogen) atoms. The van der Waals surface area contributed by atoms with E-state index in [2.05, 4.69) is 20.4 Å². The van der Waals surface area contributed by atoms with Crippen molar-refractivity contribution in [1.82, 2.24) is 0 Å².